The van der Waals surface area contributed by atoms with Gasteiger partial charge >= 0.3 is 0 Å². The van der Waals surface area contributed by atoms with Gasteiger partial charge in [0.05, 0.1) is 38.9 Å². The molecule has 5 aromatic rings. The number of anilines is 2. The Morgan fingerprint density at radius 3 is 2.85 bits per heavy atom. The van der Waals surface area contributed by atoms with Crippen molar-refractivity contribution >= 4 is 44.0 Å². The van der Waals surface area contributed by atoms with Crippen LogP contribution in [-0.2, 0) is 7.05 Å². The van der Waals surface area contributed by atoms with E-state index in [-0.39, 0.29) is 12.2 Å². The first-order valence-corrected chi connectivity index (χ1v) is 11.7. The van der Waals surface area contributed by atoms with Gasteiger partial charge in [-0.05, 0) is 48.7 Å². The summed E-state index contributed by atoms with van der Waals surface area (Å²) in [5.74, 6) is 1.38. The average Bonchev–Trinajstić information content (AvgIpc) is 3.55. The Hall–Kier alpha value is -3.56. The Kier molecular flexibility index (Phi) is 4.92. The second-order valence-electron chi connectivity index (χ2n) is 8.36. The number of aliphatic hydroxyl groups is 1. The van der Waals surface area contributed by atoms with Gasteiger partial charge in [0, 0.05) is 30.9 Å². The van der Waals surface area contributed by atoms with Crippen molar-refractivity contribution in [3.8, 4) is 16.9 Å². The van der Waals surface area contributed by atoms with Gasteiger partial charge in [0.15, 0.2) is 0 Å². The van der Waals surface area contributed by atoms with E-state index in [4.69, 9.17) is 4.74 Å². The fourth-order valence-corrected chi connectivity index (χ4v) is 5.07. The molecule has 2 aromatic carbocycles. The van der Waals surface area contributed by atoms with Crippen molar-refractivity contribution in [3.05, 3.63) is 54.6 Å². The van der Waals surface area contributed by atoms with E-state index >= 15 is 0 Å². The molecule has 0 aliphatic heterocycles. The summed E-state index contributed by atoms with van der Waals surface area (Å²) in [4.78, 5) is 13.5. The predicted octanol–water partition coefficient (Wildman–Crippen LogP) is 4.68. The van der Waals surface area contributed by atoms with Crippen LogP contribution >= 0.6 is 11.3 Å². The molecule has 0 unspecified atom stereocenters. The van der Waals surface area contributed by atoms with E-state index in [0.717, 1.165) is 50.8 Å². The highest BCUT2D eigenvalue weighted by Gasteiger charge is 2.26. The number of nitrogens with zero attached hydrogens (tertiary/aromatic N) is 5. The van der Waals surface area contributed by atoms with Gasteiger partial charge in [0.25, 0.3) is 0 Å². The highest BCUT2D eigenvalue weighted by atomic mass is 32.1. The lowest BCUT2D eigenvalue weighted by Crippen LogP contribution is -2.14. The number of aromatic nitrogens is 5. The molecular formula is C24H22N6O2S. The molecule has 0 bridgehead atoms. The van der Waals surface area contributed by atoms with Gasteiger partial charge in [0.2, 0.25) is 0 Å². The van der Waals surface area contributed by atoms with Crippen molar-refractivity contribution in [1.82, 2.24) is 24.7 Å². The number of nitrogens with one attached hydrogen (secondary N) is 1. The number of benzene rings is 2. The quantitative estimate of drug-likeness (QED) is 0.395. The first-order chi connectivity index (χ1) is 16.1. The van der Waals surface area contributed by atoms with Crippen LogP contribution in [0.15, 0.2) is 54.6 Å². The zero-order chi connectivity index (χ0) is 22.4. The molecule has 0 radical (unpaired) electrons. The second-order valence-corrected chi connectivity index (χ2v) is 9.25. The number of fused-ring (bicyclic) bond motifs is 2. The van der Waals surface area contributed by atoms with E-state index in [0.29, 0.717) is 18.0 Å². The summed E-state index contributed by atoms with van der Waals surface area (Å²) in [6.07, 6.45) is 7.18. The molecule has 33 heavy (non-hydrogen) atoms. The number of hydrogen-bond donors (Lipinski definition) is 2. The van der Waals surface area contributed by atoms with Gasteiger partial charge in [0.1, 0.15) is 24.0 Å². The van der Waals surface area contributed by atoms with E-state index in [1.54, 1.807) is 22.3 Å². The lowest BCUT2D eigenvalue weighted by atomic mass is 10.1. The number of aryl methyl sites for hydroxylation is 1. The number of aliphatic hydroxyl groups excluding tert-OH is 1. The maximum absolute atomic E-state index is 10.0. The lowest BCUT2D eigenvalue weighted by Gasteiger charge is -2.18. The molecule has 3 heterocycles. The fraction of sp³-hybridized carbons (Fsp3) is 0.250. The number of hydrogen-bond acceptors (Lipinski definition) is 8. The maximum atomic E-state index is 10.0. The Labute approximate surface area is 193 Å². The lowest BCUT2D eigenvalue weighted by molar-refractivity contribution is 0.150. The summed E-state index contributed by atoms with van der Waals surface area (Å²) in [5.41, 5.74) is 6.48. The zero-order valence-electron chi connectivity index (χ0n) is 18.0. The van der Waals surface area contributed by atoms with E-state index in [9.17, 15) is 5.11 Å². The molecule has 1 fully saturated rings. The molecule has 0 amide bonds. The minimum atomic E-state index is -0.317. The summed E-state index contributed by atoms with van der Waals surface area (Å²) in [6.45, 7) is 0. The Morgan fingerprint density at radius 2 is 2.03 bits per heavy atom. The summed E-state index contributed by atoms with van der Waals surface area (Å²) in [7, 11) is 1.89. The maximum Gasteiger partial charge on any atom is 0.145 e. The van der Waals surface area contributed by atoms with Crippen LogP contribution in [-0.4, -0.2) is 42.0 Å². The Balaban J connectivity index is 1.46. The summed E-state index contributed by atoms with van der Waals surface area (Å²) in [5, 5.41) is 18.6. The summed E-state index contributed by atoms with van der Waals surface area (Å²) >= 11 is 1.60. The predicted molar refractivity (Wildman–Crippen MR) is 129 cm³/mol. The first-order valence-electron chi connectivity index (χ1n) is 10.8. The van der Waals surface area contributed by atoms with Gasteiger partial charge in [-0.25, -0.2) is 15.0 Å². The van der Waals surface area contributed by atoms with Crippen LogP contribution < -0.4 is 10.1 Å². The molecule has 8 nitrogen and oxygen atoms in total. The van der Waals surface area contributed by atoms with E-state index in [1.807, 2.05) is 49.2 Å². The van der Waals surface area contributed by atoms with Crippen LogP contribution in [0.3, 0.4) is 0 Å². The third kappa shape index (κ3) is 3.90. The number of rotatable bonds is 5. The van der Waals surface area contributed by atoms with Crippen LogP contribution in [0.25, 0.3) is 32.2 Å². The molecule has 3 aromatic heterocycles. The van der Waals surface area contributed by atoms with Crippen LogP contribution in [0.2, 0.25) is 0 Å². The summed E-state index contributed by atoms with van der Waals surface area (Å²) in [6, 6.07) is 10.1. The van der Waals surface area contributed by atoms with Crippen LogP contribution in [0, 0.1) is 0 Å². The minimum absolute atomic E-state index is 0.0473. The van der Waals surface area contributed by atoms with Crippen molar-refractivity contribution in [1.29, 1.82) is 0 Å². The van der Waals surface area contributed by atoms with E-state index in [2.05, 4.69) is 31.4 Å². The molecule has 1 aliphatic rings. The molecule has 2 N–H and O–H groups in total. The molecule has 2 atom stereocenters. The van der Waals surface area contributed by atoms with Crippen molar-refractivity contribution in [2.75, 3.05) is 5.32 Å². The van der Waals surface area contributed by atoms with Crippen molar-refractivity contribution < 1.29 is 9.84 Å². The van der Waals surface area contributed by atoms with E-state index < -0.39 is 0 Å². The first kappa shape index (κ1) is 20.1. The van der Waals surface area contributed by atoms with Crippen molar-refractivity contribution in [3.63, 3.8) is 0 Å². The van der Waals surface area contributed by atoms with E-state index in [1.165, 1.54) is 0 Å². The third-order valence-electron chi connectivity index (χ3n) is 5.98. The number of ether oxygens (including phenoxy) is 1. The third-order valence-corrected chi connectivity index (χ3v) is 6.78. The molecule has 6 rings (SSSR count). The van der Waals surface area contributed by atoms with Crippen molar-refractivity contribution in [2.24, 2.45) is 7.05 Å². The molecule has 9 heteroatoms. The standard InChI is InChI=1S/C24H22N6O2S/c1-30-11-15(10-28-30)14-6-20-23(21(7-14)32-18-4-3-17(31)9-18)24(26-12-25-20)29-16-2-5-19-22(8-16)33-13-27-19/h2,5-8,10-13,17-18,31H,3-4,9H2,1H3,(H,25,26,29)/t17-,18+/m0/s1. The second kappa shape index (κ2) is 8.09. The normalized spacial score (nSPS) is 18.2. The molecular weight excluding hydrogens is 436 g/mol. The Morgan fingerprint density at radius 1 is 1.09 bits per heavy atom. The van der Waals surface area contributed by atoms with Crippen LogP contribution in [0.1, 0.15) is 19.3 Å². The van der Waals surface area contributed by atoms with Gasteiger partial charge in [-0.1, -0.05) is 0 Å². The molecule has 1 saturated carbocycles. The SMILES string of the molecule is Cn1cc(-c2cc(O[C@@H]3CC[C@H](O)C3)c3c(Nc4ccc5ncsc5c4)ncnc3c2)cn1. The highest BCUT2D eigenvalue weighted by molar-refractivity contribution is 7.16. The molecule has 0 spiro atoms. The van der Waals surface area contributed by atoms with Crippen molar-refractivity contribution in [2.45, 2.75) is 31.5 Å². The topological polar surface area (TPSA) is 98.0 Å². The molecule has 166 valence electrons. The number of thiazole rings is 1. The summed E-state index contributed by atoms with van der Waals surface area (Å²) < 4.78 is 9.33. The van der Waals surface area contributed by atoms with Gasteiger partial charge in [-0.2, -0.15) is 5.10 Å². The minimum Gasteiger partial charge on any atom is -0.489 e. The Bertz CT molecular complexity index is 1460. The molecule has 1 aliphatic carbocycles. The van der Waals surface area contributed by atoms with Gasteiger partial charge in [-0.15, -0.1) is 11.3 Å². The average molecular weight is 459 g/mol. The van der Waals surface area contributed by atoms with Gasteiger partial charge in [-0.3, -0.25) is 4.68 Å². The smallest absolute Gasteiger partial charge is 0.145 e. The largest absolute Gasteiger partial charge is 0.489 e. The van der Waals surface area contributed by atoms with Crippen LogP contribution in [0.5, 0.6) is 5.75 Å². The van der Waals surface area contributed by atoms with Gasteiger partial charge < -0.3 is 15.2 Å². The monoisotopic (exact) mass is 458 g/mol. The highest BCUT2D eigenvalue weighted by Crippen LogP contribution is 2.38. The van der Waals surface area contributed by atoms with Crippen LogP contribution in [0.4, 0.5) is 11.5 Å². The zero-order valence-corrected chi connectivity index (χ0v) is 18.8. The fourth-order valence-electron chi connectivity index (χ4n) is 4.35. The molecule has 0 saturated heterocycles.